The van der Waals surface area contributed by atoms with E-state index in [4.69, 9.17) is 16.3 Å². The van der Waals surface area contributed by atoms with Gasteiger partial charge in [0, 0.05) is 12.6 Å². The van der Waals surface area contributed by atoms with E-state index in [1.165, 1.54) is 12.8 Å². The van der Waals surface area contributed by atoms with Gasteiger partial charge in [0.15, 0.2) is 0 Å². The van der Waals surface area contributed by atoms with Crippen molar-refractivity contribution >= 4 is 17.5 Å². The molecule has 1 unspecified atom stereocenters. The molecule has 1 aromatic rings. The first kappa shape index (κ1) is 14.3. The molecular formula is C12H20ClN5O. The summed E-state index contributed by atoms with van der Waals surface area (Å²) in [6.45, 7) is 5.78. The summed E-state index contributed by atoms with van der Waals surface area (Å²) in [5.41, 5.74) is 0. The number of aromatic nitrogens is 3. The van der Waals surface area contributed by atoms with Gasteiger partial charge in [0.1, 0.15) is 0 Å². The van der Waals surface area contributed by atoms with Gasteiger partial charge >= 0.3 is 6.01 Å². The Morgan fingerprint density at radius 1 is 1.42 bits per heavy atom. The zero-order valence-corrected chi connectivity index (χ0v) is 12.3. The normalized spacial score (nSPS) is 19.9. The average molecular weight is 286 g/mol. The summed E-state index contributed by atoms with van der Waals surface area (Å²) < 4.78 is 5.43. The molecule has 0 radical (unpaired) electrons. The van der Waals surface area contributed by atoms with E-state index < -0.39 is 0 Å². The van der Waals surface area contributed by atoms with Gasteiger partial charge in [0.05, 0.1) is 6.10 Å². The van der Waals surface area contributed by atoms with E-state index in [-0.39, 0.29) is 17.4 Å². The molecule has 1 atom stereocenters. The Kier molecular flexibility index (Phi) is 4.76. The van der Waals surface area contributed by atoms with Crippen molar-refractivity contribution in [1.29, 1.82) is 0 Å². The lowest BCUT2D eigenvalue weighted by atomic mass is 10.2. The molecule has 106 valence electrons. The molecule has 0 spiro atoms. The Balaban J connectivity index is 1.97. The van der Waals surface area contributed by atoms with Crippen molar-refractivity contribution in [3.05, 3.63) is 5.28 Å². The molecule has 6 nitrogen and oxygen atoms in total. The fraction of sp³-hybridized carbons (Fsp3) is 0.750. The van der Waals surface area contributed by atoms with Gasteiger partial charge in [0.25, 0.3) is 0 Å². The van der Waals surface area contributed by atoms with Gasteiger partial charge in [-0.2, -0.15) is 15.0 Å². The molecule has 19 heavy (non-hydrogen) atoms. The van der Waals surface area contributed by atoms with Gasteiger partial charge in [-0.3, -0.25) is 0 Å². The monoisotopic (exact) mass is 285 g/mol. The second-order valence-electron chi connectivity index (χ2n) is 5.03. The number of likely N-dealkylation sites (tertiary alicyclic amines) is 1. The van der Waals surface area contributed by atoms with Gasteiger partial charge in [-0.1, -0.05) is 0 Å². The molecule has 0 bridgehead atoms. The largest absolute Gasteiger partial charge is 0.461 e. The van der Waals surface area contributed by atoms with Crippen molar-refractivity contribution in [2.24, 2.45) is 0 Å². The van der Waals surface area contributed by atoms with E-state index in [2.05, 4.69) is 32.2 Å². The smallest absolute Gasteiger partial charge is 0.322 e. The highest BCUT2D eigenvalue weighted by Gasteiger charge is 2.20. The molecule has 0 aromatic carbocycles. The molecule has 1 aliphatic rings. The van der Waals surface area contributed by atoms with E-state index >= 15 is 0 Å². The number of halogens is 1. The first-order valence-electron chi connectivity index (χ1n) is 6.57. The van der Waals surface area contributed by atoms with Crippen molar-refractivity contribution in [2.75, 3.05) is 25.5 Å². The van der Waals surface area contributed by atoms with Crippen LogP contribution in [0.1, 0.15) is 26.7 Å². The van der Waals surface area contributed by atoms with E-state index in [9.17, 15) is 0 Å². The molecule has 7 heteroatoms. The second kappa shape index (κ2) is 6.34. The topological polar surface area (TPSA) is 63.2 Å². The summed E-state index contributed by atoms with van der Waals surface area (Å²) in [4.78, 5) is 14.5. The van der Waals surface area contributed by atoms with Crippen molar-refractivity contribution in [3.63, 3.8) is 0 Å². The molecule has 1 aromatic heterocycles. The van der Waals surface area contributed by atoms with Crippen molar-refractivity contribution in [3.8, 4) is 6.01 Å². The highest BCUT2D eigenvalue weighted by molar-refractivity contribution is 6.28. The van der Waals surface area contributed by atoms with Crippen LogP contribution in [0.3, 0.4) is 0 Å². The average Bonchev–Trinajstić information content (AvgIpc) is 2.70. The Morgan fingerprint density at radius 3 is 2.84 bits per heavy atom. The van der Waals surface area contributed by atoms with E-state index in [0.717, 1.165) is 13.1 Å². The number of hydrogen-bond donors (Lipinski definition) is 1. The highest BCUT2D eigenvalue weighted by Crippen LogP contribution is 2.16. The van der Waals surface area contributed by atoms with E-state index in [1.807, 2.05) is 13.8 Å². The van der Waals surface area contributed by atoms with Crippen LogP contribution in [0, 0.1) is 0 Å². The lowest BCUT2D eigenvalue weighted by Crippen LogP contribution is -2.32. The predicted octanol–water partition coefficient (Wildman–Crippen LogP) is 1.82. The first-order valence-corrected chi connectivity index (χ1v) is 6.94. The zero-order chi connectivity index (χ0) is 13.8. The van der Waals surface area contributed by atoms with Gasteiger partial charge < -0.3 is 15.0 Å². The first-order chi connectivity index (χ1) is 9.04. The third-order valence-corrected chi connectivity index (χ3v) is 3.27. The molecular weight excluding hydrogens is 266 g/mol. The summed E-state index contributed by atoms with van der Waals surface area (Å²) in [6, 6.07) is 0.780. The van der Waals surface area contributed by atoms with Crippen molar-refractivity contribution < 1.29 is 4.74 Å². The van der Waals surface area contributed by atoms with E-state index in [1.54, 1.807) is 0 Å². The minimum Gasteiger partial charge on any atom is -0.461 e. The lowest BCUT2D eigenvalue weighted by Gasteiger charge is -2.19. The minimum atomic E-state index is 0.00674. The summed E-state index contributed by atoms with van der Waals surface area (Å²) in [5, 5.41) is 3.35. The summed E-state index contributed by atoms with van der Waals surface area (Å²) in [5.74, 6) is 0.468. The van der Waals surface area contributed by atoms with E-state index in [0.29, 0.717) is 12.0 Å². The lowest BCUT2D eigenvalue weighted by molar-refractivity contribution is 0.222. The zero-order valence-electron chi connectivity index (χ0n) is 11.6. The number of nitrogens with one attached hydrogen (secondary N) is 1. The Bertz CT molecular complexity index is 429. The molecule has 1 aliphatic heterocycles. The molecule has 2 heterocycles. The molecule has 0 amide bonds. The third kappa shape index (κ3) is 4.18. The number of nitrogens with zero attached hydrogens (tertiary/aromatic N) is 4. The number of rotatable bonds is 5. The third-order valence-electron chi connectivity index (χ3n) is 3.10. The summed E-state index contributed by atoms with van der Waals surface area (Å²) in [6.07, 6.45) is 2.44. The molecule has 2 rings (SSSR count). The predicted molar refractivity (Wildman–Crippen MR) is 74.7 cm³/mol. The molecule has 1 saturated heterocycles. The fourth-order valence-corrected chi connectivity index (χ4v) is 2.27. The van der Waals surface area contributed by atoms with Gasteiger partial charge in [0.2, 0.25) is 11.2 Å². The van der Waals surface area contributed by atoms with Crippen LogP contribution in [0.5, 0.6) is 6.01 Å². The Labute approximate surface area is 118 Å². The van der Waals surface area contributed by atoms with Crippen LogP contribution in [-0.2, 0) is 0 Å². The number of hydrogen-bond acceptors (Lipinski definition) is 6. The Hall–Kier alpha value is -1.14. The summed E-state index contributed by atoms with van der Waals surface area (Å²) >= 11 is 5.86. The number of likely N-dealkylation sites (N-methyl/N-ethyl adjacent to an activating group) is 1. The van der Waals surface area contributed by atoms with Crippen molar-refractivity contribution in [1.82, 2.24) is 19.9 Å². The van der Waals surface area contributed by atoms with Crippen LogP contribution >= 0.6 is 11.6 Å². The van der Waals surface area contributed by atoms with Gasteiger partial charge in [-0.15, -0.1) is 0 Å². The van der Waals surface area contributed by atoms with Gasteiger partial charge in [-0.05, 0) is 51.9 Å². The number of ether oxygens (including phenoxy) is 1. The maximum atomic E-state index is 5.86. The van der Waals surface area contributed by atoms with Crippen LogP contribution in [0.15, 0.2) is 0 Å². The Morgan fingerprint density at radius 2 is 2.21 bits per heavy atom. The quantitative estimate of drug-likeness (QED) is 0.890. The maximum absolute atomic E-state index is 5.86. The minimum absolute atomic E-state index is 0.00674. The summed E-state index contributed by atoms with van der Waals surface area (Å²) in [7, 11) is 2.13. The van der Waals surface area contributed by atoms with Crippen LogP contribution in [-0.4, -0.2) is 52.1 Å². The highest BCUT2D eigenvalue weighted by atomic mass is 35.5. The fourth-order valence-electron chi connectivity index (χ4n) is 2.12. The van der Waals surface area contributed by atoms with Crippen LogP contribution in [0.4, 0.5) is 5.95 Å². The van der Waals surface area contributed by atoms with Crippen molar-refractivity contribution in [2.45, 2.75) is 38.8 Å². The standard InChI is InChI=1S/C12H20ClN5O/c1-8(2)19-12-16-10(13)15-11(17-12)14-7-9-5-4-6-18(9)3/h8-9H,4-7H2,1-3H3,(H,14,15,16,17). The molecule has 0 saturated carbocycles. The van der Waals surface area contributed by atoms with Crippen LogP contribution < -0.4 is 10.1 Å². The molecule has 1 N–H and O–H groups in total. The second-order valence-corrected chi connectivity index (χ2v) is 5.37. The molecule has 0 aliphatic carbocycles. The molecule has 1 fully saturated rings. The SMILES string of the molecule is CC(C)Oc1nc(Cl)nc(NCC2CCCN2C)n1. The maximum Gasteiger partial charge on any atom is 0.322 e. The van der Waals surface area contributed by atoms with Crippen LogP contribution in [0.2, 0.25) is 5.28 Å². The van der Waals surface area contributed by atoms with Gasteiger partial charge in [-0.25, -0.2) is 0 Å². The van der Waals surface area contributed by atoms with Crippen LogP contribution in [0.25, 0.3) is 0 Å². The number of anilines is 1.